The second kappa shape index (κ2) is 11.5. The Morgan fingerprint density at radius 2 is 1.69 bits per heavy atom. The number of methoxy groups -OCH3 is 1. The van der Waals surface area contributed by atoms with Crippen molar-refractivity contribution < 1.29 is 26.4 Å². The third kappa shape index (κ3) is 7.16. The quantitative estimate of drug-likeness (QED) is 0.468. The molecule has 0 spiro atoms. The average Bonchev–Trinajstić information content (AvgIpc) is 2.62. The number of unbranched alkanes of at least 4 members (excludes halogenated alkanes) is 4. The molecule has 1 aliphatic heterocycles. The molecule has 5 heteroatoms. The Morgan fingerprint density at radius 3 is 2.27 bits per heavy atom. The predicted molar refractivity (Wildman–Crippen MR) is 103 cm³/mol. The molecule has 0 unspecified atom stereocenters. The number of carbonyl (C=O) groups is 1. The van der Waals surface area contributed by atoms with E-state index in [-0.39, 0.29) is 12.4 Å². The first-order valence-electron chi connectivity index (χ1n) is 9.80. The molecule has 0 radical (unpaired) electrons. The van der Waals surface area contributed by atoms with Crippen LogP contribution in [0.4, 0.5) is 0 Å². The van der Waals surface area contributed by atoms with Crippen LogP contribution in [0.3, 0.4) is 0 Å². The van der Waals surface area contributed by atoms with Gasteiger partial charge < -0.3 is 26.5 Å². The molecular formula is C21H35ClN2O2. The number of amides is 1. The number of ether oxygens (including phenoxy) is 1. The first-order valence-corrected chi connectivity index (χ1v) is 9.80. The lowest BCUT2D eigenvalue weighted by molar-refractivity contribution is -0.926. The molecule has 1 aromatic carbocycles. The standard InChI is InChI=1S/C21H35N2O2.ClH/c1-4-5-6-7-8-9-21(24)22-14-16-23(2,17-15-22)18-19-10-12-20(25-3)13-11-19;/h10-13H,4-9,14-18H2,1-3H3;1H/q+1;/p-1. The van der Waals surface area contributed by atoms with Crippen LogP contribution in [0.2, 0.25) is 0 Å². The fourth-order valence-electron chi connectivity index (χ4n) is 3.56. The Bertz CT molecular complexity index is 525. The van der Waals surface area contributed by atoms with Crippen molar-refractivity contribution in [1.29, 1.82) is 0 Å². The van der Waals surface area contributed by atoms with Crippen molar-refractivity contribution in [3.63, 3.8) is 0 Å². The molecule has 1 aliphatic rings. The summed E-state index contributed by atoms with van der Waals surface area (Å²) in [6.07, 6.45) is 6.78. The maximum atomic E-state index is 12.4. The maximum absolute atomic E-state index is 12.4. The van der Waals surface area contributed by atoms with E-state index in [4.69, 9.17) is 4.74 Å². The SMILES string of the molecule is CCCCCCCC(=O)N1CC[N+](C)(Cc2ccc(OC)cc2)CC1.[Cl-]. The number of hydrogen-bond acceptors (Lipinski definition) is 2. The third-order valence-corrected chi connectivity index (χ3v) is 5.39. The molecule has 2 rings (SSSR count). The molecule has 0 N–H and O–H groups in total. The zero-order valence-electron chi connectivity index (χ0n) is 16.7. The number of hydrogen-bond donors (Lipinski definition) is 0. The highest BCUT2D eigenvalue weighted by atomic mass is 35.5. The highest BCUT2D eigenvalue weighted by molar-refractivity contribution is 5.76. The van der Waals surface area contributed by atoms with E-state index in [1.54, 1.807) is 7.11 Å². The third-order valence-electron chi connectivity index (χ3n) is 5.39. The highest BCUT2D eigenvalue weighted by Gasteiger charge is 2.30. The van der Waals surface area contributed by atoms with Gasteiger partial charge in [-0.3, -0.25) is 4.79 Å². The van der Waals surface area contributed by atoms with E-state index in [0.29, 0.717) is 5.91 Å². The average molecular weight is 383 g/mol. The van der Waals surface area contributed by atoms with Crippen molar-refractivity contribution >= 4 is 5.91 Å². The van der Waals surface area contributed by atoms with Gasteiger partial charge in [-0.2, -0.15) is 0 Å². The van der Waals surface area contributed by atoms with Gasteiger partial charge in [0, 0.05) is 12.0 Å². The number of nitrogens with zero attached hydrogens (tertiary/aromatic N) is 2. The van der Waals surface area contributed by atoms with Gasteiger partial charge in [0.05, 0.1) is 40.3 Å². The van der Waals surface area contributed by atoms with Gasteiger partial charge in [-0.1, -0.05) is 32.6 Å². The predicted octanol–water partition coefficient (Wildman–Crippen LogP) is 0.849. The number of quaternary nitrogens is 1. The number of likely N-dealkylation sites (N-methyl/N-ethyl adjacent to an activating group) is 1. The smallest absolute Gasteiger partial charge is 0.222 e. The Labute approximate surface area is 165 Å². The minimum Gasteiger partial charge on any atom is -1.00 e. The van der Waals surface area contributed by atoms with Crippen molar-refractivity contribution in [2.45, 2.75) is 52.0 Å². The molecule has 1 heterocycles. The van der Waals surface area contributed by atoms with Gasteiger partial charge in [-0.05, 0) is 30.7 Å². The molecule has 0 aliphatic carbocycles. The van der Waals surface area contributed by atoms with Gasteiger partial charge >= 0.3 is 0 Å². The molecule has 1 fully saturated rings. The summed E-state index contributed by atoms with van der Waals surface area (Å²) < 4.78 is 6.24. The number of carbonyl (C=O) groups excluding carboxylic acids is 1. The number of rotatable bonds is 9. The van der Waals surface area contributed by atoms with Gasteiger partial charge in [-0.25, -0.2) is 0 Å². The van der Waals surface area contributed by atoms with E-state index >= 15 is 0 Å². The lowest BCUT2D eigenvalue weighted by Crippen LogP contribution is -3.00. The van der Waals surface area contributed by atoms with Crippen LogP contribution in [0.5, 0.6) is 5.75 Å². The molecule has 26 heavy (non-hydrogen) atoms. The van der Waals surface area contributed by atoms with Crippen LogP contribution in [0.25, 0.3) is 0 Å². The van der Waals surface area contributed by atoms with Crippen LogP contribution in [0.1, 0.15) is 51.0 Å². The summed E-state index contributed by atoms with van der Waals surface area (Å²) in [5.74, 6) is 1.26. The normalized spacial score (nSPS) is 16.0. The van der Waals surface area contributed by atoms with E-state index in [1.807, 2.05) is 12.1 Å². The summed E-state index contributed by atoms with van der Waals surface area (Å²) in [5, 5.41) is 0. The number of benzene rings is 1. The molecule has 1 saturated heterocycles. The van der Waals surface area contributed by atoms with Gasteiger partial charge in [0.25, 0.3) is 0 Å². The van der Waals surface area contributed by atoms with Crippen LogP contribution in [-0.4, -0.2) is 55.6 Å². The molecule has 1 aromatic rings. The van der Waals surface area contributed by atoms with Gasteiger partial charge in [0.2, 0.25) is 5.91 Å². The van der Waals surface area contributed by atoms with E-state index in [2.05, 4.69) is 31.0 Å². The topological polar surface area (TPSA) is 29.5 Å². The molecule has 4 nitrogen and oxygen atoms in total. The minimum atomic E-state index is 0. The first kappa shape index (κ1) is 22.8. The van der Waals surface area contributed by atoms with Gasteiger partial charge in [0.1, 0.15) is 12.3 Å². The zero-order valence-corrected chi connectivity index (χ0v) is 17.4. The minimum absolute atomic E-state index is 0. The highest BCUT2D eigenvalue weighted by Crippen LogP contribution is 2.19. The van der Waals surface area contributed by atoms with Crippen molar-refractivity contribution in [3.8, 4) is 5.75 Å². The molecule has 0 aromatic heterocycles. The van der Waals surface area contributed by atoms with E-state index < -0.39 is 0 Å². The fourth-order valence-corrected chi connectivity index (χ4v) is 3.56. The fraction of sp³-hybridized carbons (Fsp3) is 0.667. The summed E-state index contributed by atoms with van der Waals surface area (Å²) in [6.45, 7) is 7.09. The second-order valence-electron chi connectivity index (χ2n) is 7.62. The molecule has 1 amide bonds. The molecule has 148 valence electrons. The number of halogens is 1. The first-order chi connectivity index (χ1) is 12.1. The summed E-state index contributed by atoms with van der Waals surface area (Å²) in [6, 6.07) is 8.35. The van der Waals surface area contributed by atoms with E-state index in [1.165, 1.54) is 31.2 Å². The van der Waals surface area contributed by atoms with Crippen LogP contribution in [-0.2, 0) is 11.3 Å². The summed E-state index contributed by atoms with van der Waals surface area (Å²) in [5.41, 5.74) is 1.33. The Kier molecular flexibility index (Phi) is 10.0. The zero-order chi connectivity index (χ0) is 18.1. The second-order valence-corrected chi connectivity index (χ2v) is 7.62. The summed E-state index contributed by atoms with van der Waals surface area (Å²) in [7, 11) is 4.00. The summed E-state index contributed by atoms with van der Waals surface area (Å²) in [4.78, 5) is 14.5. The van der Waals surface area contributed by atoms with Gasteiger partial charge in [-0.15, -0.1) is 0 Å². The Hall–Kier alpha value is -1.26. The van der Waals surface area contributed by atoms with Crippen molar-refractivity contribution in [2.75, 3.05) is 40.3 Å². The van der Waals surface area contributed by atoms with Crippen molar-refractivity contribution in [2.24, 2.45) is 0 Å². The molecule has 0 saturated carbocycles. The molecular weight excluding hydrogens is 348 g/mol. The summed E-state index contributed by atoms with van der Waals surface area (Å²) >= 11 is 0. The lowest BCUT2D eigenvalue weighted by Gasteiger charge is -2.42. The van der Waals surface area contributed by atoms with Crippen LogP contribution in [0.15, 0.2) is 24.3 Å². The van der Waals surface area contributed by atoms with E-state index in [9.17, 15) is 4.79 Å². The lowest BCUT2D eigenvalue weighted by atomic mass is 10.1. The largest absolute Gasteiger partial charge is 1.00 e. The molecule has 0 atom stereocenters. The Balaban J connectivity index is 0.00000338. The Morgan fingerprint density at radius 1 is 1.08 bits per heavy atom. The monoisotopic (exact) mass is 382 g/mol. The van der Waals surface area contributed by atoms with E-state index in [0.717, 1.165) is 55.8 Å². The number of piperazine rings is 1. The molecule has 0 bridgehead atoms. The van der Waals surface area contributed by atoms with Crippen molar-refractivity contribution in [1.82, 2.24) is 4.90 Å². The van der Waals surface area contributed by atoms with Crippen LogP contribution >= 0.6 is 0 Å². The maximum Gasteiger partial charge on any atom is 0.222 e. The van der Waals surface area contributed by atoms with Crippen LogP contribution in [0, 0.1) is 0 Å². The van der Waals surface area contributed by atoms with Crippen molar-refractivity contribution in [3.05, 3.63) is 29.8 Å². The van der Waals surface area contributed by atoms with Crippen LogP contribution < -0.4 is 17.1 Å². The van der Waals surface area contributed by atoms with Gasteiger partial charge in [0.15, 0.2) is 0 Å².